The van der Waals surface area contributed by atoms with E-state index in [1.54, 1.807) is 6.07 Å². The van der Waals surface area contributed by atoms with Gasteiger partial charge in [-0.15, -0.1) is 11.3 Å². The maximum Gasteiger partial charge on any atom is 0.189 e. The van der Waals surface area contributed by atoms with Gasteiger partial charge in [0.1, 0.15) is 0 Å². The van der Waals surface area contributed by atoms with Gasteiger partial charge in [0.05, 0.1) is 15.3 Å². The number of hydrogen-bond donors (Lipinski definition) is 0. The highest BCUT2D eigenvalue weighted by Gasteiger charge is 2.31. The van der Waals surface area contributed by atoms with Crippen molar-refractivity contribution in [2.75, 3.05) is 27.2 Å². The average molecular weight is 287 g/mol. The van der Waals surface area contributed by atoms with Gasteiger partial charge >= 0.3 is 0 Å². The Morgan fingerprint density at radius 1 is 1.56 bits per heavy atom. The number of nitrogens with zero attached hydrogens (tertiary/aromatic N) is 2. The molecule has 0 aliphatic carbocycles. The first kappa shape index (κ1) is 14.0. The van der Waals surface area contributed by atoms with Crippen molar-refractivity contribution in [1.82, 2.24) is 9.80 Å². The Morgan fingerprint density at radius 3 is 2.78 bits per heavy atom. The van der Waals surface area contributed by atoms with Crippen LogP contribution in [0, 0.1) is 0 Å². The lowest BCUT2D eigenvalue weighted by Gasteiger charge is -2.24. The van der Waals surface area contributed by atoms with Crippen LogP contribution in [-0.4, -0.2) is 54.9 Å². The second-order valence-corrected chi connectivity index (χ2v) is 6.76. The fourth-order valence-electron chi connectivity index (χ4n) is 2.36. The summed E-state index contributed by atoms with van der Waals surface area (Å²) in [5.41, 5.74) is 0. The smallest absolute Gasteiger partial charge is 0.189 e. The molecule has 3 nitrogen and oxygen atoms in total. The molecular formula is C13H19ClN2OS. The number of ketones is 1. The fourth-order valence-corrected chi connectivity index (χ4v) is 3.43. The van der Waals surface area contributed by atoms with E-state index in [9.17, 15) is 4.79 Å². The van der Waals surface area contributed by atoms with Crippen molar-refractivity contribution in [2.24, 2.45) is 0 Å². The first-order valence-electron chi connectivity index (χ1n) is 6.19. The third-order valence-corrected chi connectivity index (χ3v) is 4.91. The van der Waals surface area contributed by atoms with Crippen LogP contribution in [0.4, 0.5) is 0 Å². The molecule has 18 heavy (non-hydrogen) atoms. The minimum atomic E-state index is -0.0512. The van der Waals surface area contributed by atoms with Gasteiger partial charge in [0, 0.05) is 19.1 Å². The molecule has 2 atom stereocenters. The summed E-state index contributed by atoms with van der Waals surface area (Å²) < 4.78 is 0.679. The minimum absolute atomic E-state index is 0.0512. The molecule has 1 fully saturated rings. The normalized spacial score (nSPS) is 22.6. The van der Waals surface area contributed by atoms with Crippen LogP contribution in [0.25, 0.3) is 0 Å². The molecule has 0 amide bonds. The molecule has 2 unspecified atom stereocenters. The van der Waals surface area contributed by atoms with Crippen LogP contribution < -0.4 is 0 Å². The van der Waals surface area contributed by atoms with E-state index in [4.69, 9.17) is 11.6 Å². The van der Waals surface area contributed by atoms with Crippen LogP contribution in [-0.2, 0) is 0 Å². The zero-order valence-electron chi connectivity index (χ0n) is 11.0. The monoisotopic (exact) mass is 286 g/mol. The summed E-state index contributed by atoms with van der Waals surface area (Å²) in [6.45, 7) is 3.96. The summed E-state index contributed by atoms with van der Waals surface area (Å²) >= 11 is 7.25. The molecule has 2 rings (SSSR count). The summed E-state index contributed by atoms with van der Waals surface area (Å²) in [6.07, 6.45) is 1.13. The number of likely N-dealkylation sites (N-methyl/N-ethyl adjacent to an activating group) is 1. The van der Waals surface area contributed by atoms with Crippen molar-refractivity contribution in [3.8, 4) is 0 Å². The molecule has 0 radical (unpaired) electrons. The van der Waals surface area contributed by atoms with Crippen LogP contribution in [0.2, 0.25) is 4.34 Å². The number of likely N-dealkylation sites (tertiary alicyclic amines) is 1. The predicted octanol–water partition coefficient (Wildman–Crippen LogP) is 2.61. The second-order valence-electron chi connectivity index (χ2n) is 5.05. The molecule has 1 aliphatic heterocycles. The van der Waals surface area contributed by atoms with E-state index in [0.717, 1.165) is 24.4 Å². The van der Waals surface area contributed by atoms with E-state index in [1.807, 2.05) is 13.0 Å². The van der Waals surface area contributed by atoms with Gasteiger partial charge < -0.3 is 4.90 Å². The molecule has 5 heteroatoms. The zero-order chi connectivity index (χ0) is 13.3. The summed E-state index contributed by atoms with van der Waals surface area (Å²) in [6, 6.07) is 4.13. The maximum absolute atomic E-state index is 12.3. The molecular weight excluding hydrogens is 268 g/mol. The quantitative estimate of drug-likeness (QED) is 0.795. The lowest BCUT2D eigenvalue weighted by Crippen LogP contribution is -2.39. The third kappa shape index (κ3) is 2.94. The number of thiophene rings is 1. The van der Waals surface area contributed by atoms with Gasteiger partial charge in [-0.2, -0.15) is 0 Å². The Hall–Kier alpha value is -0.420. The SMILES string of the molecule is CC(C(=O)c1ccc(Cl)s1)N1CCC(N(C)C)C1. The van der Waals surface area contributed by atoms with Crippen LogP contribution in [0.1, 0.15) is 23.0 Å². The van der Waals surface area contributed by atoms with Gasteiger partial charge in [-0.05, 0) is 39.6 Å². The van der Waals surface area contributed by atoms with Crippen molar-refractivity contribution in [1.29, 1.82) is 0 Å². The number of carbonyl (C=O) groups excluding carboxylic acids is 1. The molecule has 0 saturated carbocycles. The first-order chi connectivity index (χ1) is 8.49. The standard InChI is InChI=1S/C13H19ClN2OS/c1-9(13(17)11-4-5-12(14)18-11)16-7-6-10(8-16)15(2)3/h4-5,9-10H,6-8H2,1-3H3. The number of hydrogen-bond acceptors (Lipinski definition) is 4. The maximum atomic E-state index is 12.3. The highest BCUT2D eigenvalue weighted by molar-refractivity contribution is 7.18. The number of carbonyl (C=O) groups is 1. The Kier molecular flexibility index (Phi) is 4.43. The van der Waals surface area contributed by atoms with Crippen LogP contribution in [0.5, 0.6) is 0 Å². The highest BCUT2D eigenvalue weighted by atomic mass is 35.5. The van der Waals surface area contributed by atoms with Gasteiger partial charge in [-0.25, -0.2) is 0 Å². The lowest BCUT2D eigenvalue weighted by molar-refractivity contribution is 0.0864. The summed E-state index contributed by atoms with van der Waals surface area (Å²) in [4.78, 5) is 17.6. The molecule has 1 aliphatic rings. The van der Waals surface area contributed by atoms with Crippen molar-refractivity contribution >= 4 is 28.7 Å². The van der Waals surface area contributed by atoms with Gasteiger partial charge in [0.2, 0.25) is 0 Å². The zero-order valence-corrected chi connectivity index (χ0v) is 12.6. The summed E-state index contributed by atoms with van der Waals surface area (Å²) in [5, 5.41) is 0. The van der Waals surface area contributed by atoms with Gasteiger partial charge in [0.15, 0.2) is 5.78 Å². The molecule has 0 aromatic carbocycles. The van der Waals surface area contributed by atoms with E-state index in [2.05, 4.69) is 23.9 Å². The number of Topliss-reactive ketones (excluding diaryl/α,β-unsaturated/α-hetero) is 1. The Bertz CT molecular complexity index is 432. The third-order valence-electron chi connectivity index (χ3n) is 3.67. The second kappa shape index (κ2) is 5.70. The molecule has 1 saturated heterocycles. The molecule has 0 spiro atoms. The van der Waals surface area contributed by atoms with Gasteiger partial charge in [0.25, 0.3) is 0 Å². The van der Waals surface area contributed by atoms with E-state index in [0.29, 0.717) is 10.4 Å². The topological polar surface area (TPSA) is 23.6 Å². The lowest BCUT2D eigenvalue weighted by atomic mass is 10.1. The van der Waals surface area contributed by atoms with E-state index in [-0.39, 0.29) is 11.8 Å². The molecule has 0 bridgehead atoms. The Labute approximate surface area is 117 Å². The van der Waals surface area contributed by atoms with Crippen molar-refractivity contribution in [3.63, 3.8) is 0 Å². The van der Waals surface area contributed by atoms with E-state index >= 15 is 0 Å². The molecule has 1 aromatic heterocycles. The molecule has 100 valence electrons. The average Bonchev–Trinajstić information content (AvgIpc) is 2.95. The van der Waals surface area contributed by atoms with Crippen LogP contribution in [0.3, 0.4) is 0 Å². The van der Waals surface area contributed by atoms with Crippen molar-refractivity contribution in [2.45, 2.75) is 25.4 Å². The first-order valence-corrected chi connectivity index (χ1v) is 7.38. The molecule has 2 heterocycles. The van der Waals surface area contributed by atoms with E-state index < -0.39 is 0 Å². The summed E-state index contributed by atoms with van der Waals surface area (Å²) in [7, 11) is 4.19. The van der Waals surface area contributed by atoms with Crippen molar-refractivity contribution in [3.05, 3.63) is 21.3 Å². The Morgan fingerprint density at radius 2 is 2.28 bits per heavy atom. The number of halogens is 1. The van der Waals surface area contributed by atoms with Crippen LogP contribution >= 0.6 is 22.9 Å². The van der Waals surface area contributed by atoms with Gasteiger partial charge in [-0.3, -0.25) is 9.69 Å². The highest BCUT2D eigenvalue weighted by Crippen LogP contribution is 2.25. The van der Waals surface area contributed by atoms with Crippen LogP contribution in [0.15, 0.2) is 12.1 Å². The Balaban J connectivity index is 2.00. The fraction of sp³-hybridized carbons (Fsp3) is 0.615. The largest absolute Gasteiger partial charge is 0.305 e. The predicted molar refractivity (Wildman–Crippen MR) is 76.8 cm³/mol. The summed E-state index contributed by atoms with van der Waals surface area (Å²) in [5.74, 6) is 0.186. The van der Waals surface area contributed by atoms with Gasteiger partial charge in [-0.1, -0.05) is 11.6 Å². The molecule has 0 N–H and O–H groups in total. The minimum Gasteiger partial charge on any atom is -0.305 e. The number of rotatable bonds is 4. The molecule has 1 aromatic rings. The van der Waals surface area contributed by atoms with E-state index in [1.165, 1.54) is 11.3 Å². The van der Waals surface area contributed by atoms with Crippen molar-refractivity contribution < 1.29 is 4.79 Å².